The van der Waals surface area contributed by atoms with Crippen molar-refractivity contribution in [2.24, 2.45) is 28.8 Å². The maximum Gasteiger partial charge on any atom is 0.267 e. The van der Waals surface area contributed by atoms with Crippen LogP contribution in [-0.4, -0.2) is 22.8 Å². The Labute approximate surface area is 203 Å². The molecule has 2 aromatic rings. The van der Waals surface area contributed by atoms with Gasteiger partial charge in [-0.3, -0.25) is 9.80 Å². The van der Waals surface area contributed by atoms with Crippen LogP contribution in [0.4, 0.5) is 5.69 Å². The maximum atomic E-state index is 13.4. The third kappa shape index (κ3) is 3.79. The normalized spacial score (nSPS) is 32.2. The predicted octanol–water partition coefficient (Wildman–Crippen LogP) is 5.95. The van der Waals surface area contributed by atoms with E-state index in [1.54, 1.807) is 24.3 Å². The Morgan fingerprint density at radius 2 is 1.82 bits per heavy atom. The van der Waals surface area contributed by atoms with Gasteiger partial charge >= 0.3 is 0 Å². The predicted molar refractivity (Wildman–Crippen MR) is 131 cm³/mol. The Hall–Kier alpha value is -2.24. The number of phenols is 1. The number of nitrogens with one attached hydrogen (secondary N) is 1. The highest BCUT2D eigenvalue weighted by atomic mass is 35.5. The summed E-state index contributed by atoms with van der Waals surface area (Å²) in [4.78, 5) is 13.4. The first kappa shape index (κ1) is 21.3. The van der Waals surface area contributed by atoms with Gasteiger partial charge in [0.1, 0.15) is 11.5 Å². The van der Waals surface area contributed by atoms with E-state index in [-0.39, 0.29) is 23.7 Å². The molecule has 0 spiro atoms. The third-order valence-electron chi connectivity index (χ3n) is 8.29. The second-order valence-electron chi connectivity index (χ2n) is 10.1. The van der Waals surface area contributed by atoms with Crippen LogP contribution in [0.2, 0.25) is 10.0 Å². The van der Waals surface area contributed by atoms with E-state index < -0.39 is 0 Å². The molecule has 1 aliphatic heterocycles. The molecule has 3 saturated carbocycles. The van der Waals surface area contributed by atoms with Crippen LogP contribution in [-0.2, 0) is 4.79 Å². The van der Waals surface area contributed by atoms with Crippen molar-refractivity contribution in [3.8, 4) is 5.75 Å². The number of hydrogen-bond acceptors (Lipinski definition) is 4. The van der Waals surface area contributed by atoms with Crippen LogP contribution in [0.15, 0.2) is 47.6 Å². The number of anilines is 1. The van der Waals surface area contributed by atoms with E-state index in [1.165, 1.54) is 25.7 Å². The highest BCUT2D eigenvalue weighted by Gasteiger charge is 2.51. The van der Waals surface area contributed by atoms with Crippen molar-refractivity contribution < 1.29 is 9.90 Å². The van der Waals surface area contributed by atoms with Gasteiger partial charge in [0, 0.05) is 17.5 Å². The highest BCUT2D eigenvalue weighted by Crippen LogP contribution is 2.57. The Morgan fingerprint density at radius 3 is 2.58 bits per heavy atom. The molecule has 0 radical (unpaired) electrons. The molecule has 0 aromatic heterocycles. The molecule has 33 heavy (non-hydrogen) atoms. The zero-order chi connectivity index (χ0) is 22.7. The van der Waals surface area contributed by atoms with Crippen molar-refractivity contribution in [3.05, 3.63) is 58.1 Å². The molecule has 7 heteroatoms. The standard InChI is InChI=1S/C26H27Cl2N3O2/c27-17-4-8-24(21(28)12-17)31-25(15-1-5-18(32)6-2-15)13-23(30-31)26(33)29-22-7-3-16-9-14-10-19(16)20(22)11-14/h1-2,4-6,8,12,14,16,19-20,22,25,32H,3,7,9-11,13H2,(H,29,33). The number of halogens is 2. The number of amides is 1. The quantitative estimate of drug-likeness (QED) is 0.564. The minimum atomic E-state index is -0.191. The van der Waals surface area contributed by atoms with Crippen molar-refractivity contribution in [3.63, 3.8) is 0 Å². The third-order valence-corrected chi connectivity index (χ3v) is 8.83. The summed E-state index contributed by atoms with van der Waals surface area (Å²) >= 11 is 12.6. The average molecular weight is 484 g/mol. The van der Waals surface area contributed by atoms with Gasteiger partial charge in [0.05, 0.1) is 16.8 Å². The summed E-state index contributed by atoms with van der Waals surface area (Å²) < 4.78 is 0. The van der Waals surface area contributed by atoms with Gasteiger partial charge in [0.2, 0.25) is 0 Å². The van der Waals surface area contributed by atoms with Crippen molar-refractivity contribution >= 4 is 40.5 Å². The largest absolute Gasteiger partial charge is 0.508 e. The van der Waals surface area contributed by atoms with Gasteiger partial charge in [0.15, 0.2) is 0 Å². The summed E-state index contributed by atoms with van der Waals surface area (Å²) in [7, 11) is 0. The molecule has 172 valence electrons. The van der Waals surface area contributed by atoms with Crippen molar-refractivity contribution in [1.82, 2.24) is 5.32 Å². The number of nitrogens with zero attached hydrogens (tertiary/aromatic N) is 2. The summed E-state index contributed by atoms with van der Waals surface area (Å²) in [5.41, 5.74) is 2.18. The first-order valence-electron chi connectivity index (χ1n) is 11.9. The van der Waals surface area contributed by atoms with E-state index in [9.17, 15) is 9.90 Å². The fourth-order valence-electron chi connectivity index (χ4n) is 6.88. The van der Waals surface area contributed by atoms with Crippen molar-refractivity contribution in [2.75, 3.05) is 5.01 Å². The van der Waals surface area contributed by atoms with Crippen LogP contribution in [0.1, 0.15) is 50.1 Å². The van der Waals surface area contributed by atoms with Gasteiger partial charge in [-0.1, -0.05) is 35.3 Å². The highest BCUT2D eigenvalue weighted by molar-refractivity contribution is 6.40. The first-order chi connectivity index (χ1) is 16.0. The summed E-state index contributed by atoms with van der Waals surface area (Å²) in [6.07, 6.45) is 6.81. The zero-order valence-corrected chi connectivity index (χ0v) is 19.8. The topological polar surface area (TPSA) is 64.9 Å². The minimum Gasteiger partial charge on any atom is -0.508 e. The number of hydrazone groups is 1. The van der Waals surface area contributed by atoms with Crippen LogP contribution in [0, 0.1) is 23.7 Å². The molecular formula is C26H27Cl2N3O2. The fourth-order valence-corrected chi connectivity index (χ4v) is 7.37. The summed E-state index contributed by atoms with van der Waals surface area (Å²) in [5, 5.41) is 20.7. The molecule has 3 aliphatic carbocycles. The second-order valence-corrected chi connectivity index (χ2v) is 11.0. The van der Waals surface area contributed by atoms with Crippen molar-refractivity contribution in [1.29, 1.82) is 0 Å². The number of carbonyl (C=O) groups is 1. The molecule has 5 nitrogen and oxygen atoms in total. The zero-order valence-electron chi connectivity index (χ0n) is 18.3. The number of fused-ring (bicyclic) bond motifs is 1. The van der Waals surface area contributed by atoms with E-state index in [2.05, 4.69) is 5.32 Å². The SMILES string of the molecule is O=C(NC1CCC2CC3CC2C1C3)C1=NN(c2ccc(Cl)cc2Cl)C(c2ccc(O)cc2)C1. The Morgan fingerprint density at radius 1 is 1.03 bits per heavy atom. The molecule has 3 fully saturated rings. The molecule has 1 heterocycles. The fraction of sp³-hybridized carbons (Fsp3) is 0.462. The second kappa shape index (κ2) is 8.21. The number of hydrogen-bond donors (Lipinski definition) is 2. The molecule has 6 atom stereocenters. The van der Waals surface area contributed by atoms with Gasteiger partial charge in [-0.25, -0.2) is 0 Å². The molecule has 2 aromatic carbocycles. The lowest BCUT2D eigenvalue weighted by Crippen LogP contribution is -2.48. The van der Waals surface area contributed by atoms with Crippen molar-refractivity contribution in [2.45, 2.75) is 50.6 Å². The Bertz CT molecular complexity index is 1120. The Kier molecular flexibility index (Phi) is 5.30. The Balaban J connectivity index is 1.26. The van der Waals surface area contributed by atoms with E-state index in [0.29, 0.717) is 33.8 Å². The number of benzene rings is 2. The number of rotatable bonds is 4. The van der Waals surface area contributed by atoms with E-state index >= 15 is 0 Å². The molecule has 1 amide bonds. The first-order valence-corrected chi connectivity index (χ1v) is 12.6. The smallest absolute Gasteiger partial charge is 0.267 e. The summed E-state index contributed by atoms with van der Waals surface area (Å²) in [6, 6.07) is 12.4. The molecule has 6 unspecified atom stereocenters. The van der Waals surface area contributed by atoms with Crippen LogP contribution in [0.3, 0.4) is 0 Å². The number of phenolic OH excluding ortho intramolecular Hbond substituents is 1. The molecule has 4 aliphatic rings. The van der Waals surface area contributed by atoms with Crippen LogP contribution >= 0.6 is 23.2 Å². The maximum absolute atomic E-state index is 13.4. The lowest BCUT2D eigenvalue weighted by atomic mass is 9.68. The molecule has 2 N–H and O–H groups in total. The van der Waals surface area contributed by atoms with E-state index in [0.717, 1.165) is 29.7 Å². The summed E-state index contributed by atoms with van der Waals surface area (Å²) in [5.74, 6) is 3.31. The molecular weight excluding hydrogens is 457 g/mol. The van der Waals surface area contributed by atoms with Gasteiger partial charge in [-0.2, -0.15) is 5.10 Å². The minimum absolute atomic E-state index is 0.0717. The van der Waals surface area contributed by atoms with E-state index in [1.807, 2.05) is 23.2 Å². The number of aromatic hydroxyl groups is 1. The van der Waals surface area contributed by atoms with Crippen LogP contribution < -0.4 is 10.3 Å². The van der Waals surface area contributed by atoms with Crippen LogP contribution in [0.5, 0.6) is 5.75 Å². The summed E-state index contributed by atoms with van der Waals surface area (Å²) in [6.45, 7) is 0. The molecule has 6 rings (SSSR count). The van der Waals surface area contributed by atoms with Crippen LogP contribution in [0.25, 0.3) is 0 Å². The average Bonchev–Trinajstić information content (AvgIpc) is 3.51. The van der Waals surface area contributed by atoms with Gasteiger partial charge < -0.3 is 10.4 Å². The van der Waals surface area contributed by atoms with Gasteiger partial charge in [0.25, 0.3) is 5.91 Å². The molecule has 0 saturated heterocycles. The molecule has 2 bridgehead atoms. The van der Waals surface area contributed by atoms with Gasteiger partial charge in [-0.15, -0.1) is 0 Å². The number of carbonyl (C=O) groups excluding carboxylic acids is 1. The van der Waals surface area contributed by atoms with Gasteiger partial charge in [-0.05, 0) is 91.7 Å². The lowest BCUT2D eigenvalue weighted by molar-refractivity contribution is -0.116. The lowest BCUT2D eigenvalue weighted by Gasteiger charge is -2.41. The van der Waals surface area contributed by atoms with E-state index in [4.69, 9.17) is 28.3 Å². The monoisotopic (exact) mass is 483 g/mol.